The molecule has 0 spiro atoms. The topological polar surface area (TPSA) is 95.6 Å². The Kier molecular flexibility index (Phi) is 7.35. The number of carbonyl (C=O) groups is 2. The number of halogens is 1. The van der Waals surface area contributed by atoms with Crippen molar-refractivity contribution in [2.45, 2.75) is 44.0 Å². The minimum atomic E-state index is -3.69. The monoisotopic (exact) mass is 463 g/mol. The van der Waals surface area contributed by atoms with Crippen molar-refractivity contribution in [3.8, 4) is 0 Å². The normalized spacial score (nSPS) is 15.5. The van der Waals surface area contributed by atoms with E-state index in [1.807, 2.05) is 13.8 Å². The molecule has 0 aromatic heterocycles. The van der Waals surface area contributed by atoms with Gasteiger partial charge in [0.1, 0.15) is 0 Å². The number of hydrogen-bond donors (Lipinski definition) is 2. The fourth-order valence-electron chi connectivity index (χ4n) is 3.30. The third-order valence-electron chi connectivity index (χ3n) is 5.30. The van der Waals surface area contributed by atoms with Crippen LogP contribution in [-0.2, 0) is 10.0 Å². The number of nitrogens with zero attached hydrogens (tertiary/aromatic N) is 1. The molecule has 0 bridgehead atoms. The number of benzene rings is 2. The summed E-state index contributed by atoms with van der Waals surface area (Å²) in [4.78, 5) is 25.6. The van der Waals surface area contributed by atoms with E-state index < -0.39 is 15.9 Å². The molecule has 0 saturated carbocycles. The molecule has 2 N–H and O–H groups in total. The van der Waals surface area contributed by atoms with Crippen LogP contribution in [0.25, 0.3) is 0 Å². The van der Waals surface area contributed by atoms with Crippen LogP contribution in [-0.4, -0.2) is 43.7 Å². The lowest BCUT2D eigenvalue weighted by molar-refractivity contribution is 0.0940. The van der Waals surface area contributed by atoms with Crippen molar-refractivity contribution in [1.82, 2.24) is 9.62 Å². The van der Waals surface area contributed by atoms with Crippen molar-refractivity contribution in [2.24, 2.45) is 0 Å². The third kappa shape index (κ3) is 5.26. The maximum absolute atomic E-state index is 13.0. The first-order valence-corrected chi connectivity index (χ1v) is 12.1. The van der Waals surface area contributed by atoms with E-state index in [1.54, 1.807) is 24.3 Å². The van der Waals surface area contributed by atoms with Gasteiger partial charge in [0.2, 0.25) is 10.0 Å². The molecule has 9 heteroatoms. The zero-order valence-electron chi connectivity index (χ0n) is 17.5. The van der Waals surface area contributed by atoms with Crippen LogP contribution in [0.5, 0.6) is 0 Å². The van der Waals surface area contributed by atoms with E-state index in [-0.39, 0.29) is 27.4 Å². The summed E-state index contributed by atoms with van der Waals surface area (Å²) < 4.78 is 27.1. The molecule has 2 aromatic rings. The van der Waals surface area contributed by atoms with Crippen molar-refractivity contribution < 1.29 is 18.0 Å². The molecule has 1 atom stereocenters. The van der Waals surface area contributed by atoms with E-state index in [2.05, 4.69) is 10.6 Å². The van der Waals surface area contributed by atoms with Crippen LogP contribution in [0.15, 0.2) is 47.4 Å². The summed E-state index contributed by atoms with van der Waals surface area (Å²) in [7, 11) is -3.69. The second kappa shape index (κ2) is 9.80. The third-order valence-corrected chi connectivity index (χ3v) is 7.52. The summed E-state index contributed by atoms with van der Waals surface area (Å²) in [5.74, 6) is -0.894. The fourth-order valence-corrected chi connectivity index (χ4v) is 5.05. The smallest absolute Gasteiger partial charge is 0.257 e. The van der Waals surface area contributed by atoms with Crippen molar-refractivity contribution in [1.29, 1.82) is 0 Å². The van der Waals surface area contributed by atoms with E-state index in [9.17, 15) is 18.0 Å². The Bertz CT molecular complexity index is 1080. The van der Waals surface area contributed by atoms with Gasteiger partial charge in [-0.2, -0.15) is 4.31 Å². The zero-order valence-corrected chi connectivity index (χ0v) is 19.1. The molecule has 0 aliphatic carbocycles. The molecule has 7 nitrogen and oxygen atoms in total. The van der Waals surface area contributed by atoms with Gasteiger partial charge in [0.25, 0.3) is 11.8 Å². The van der Waals surface area contributed by atoms with Gasteiger partial charge in [-0.1, -0.05) is 30.7 Å². The van der Waals surface area contributed by atoms with Gasteiger partial charge in [0.05, 0.1) is 26.7 Å². The molecule has 166 valence electrons. The predicted octanol–water partition coefficient (Wildman–Crippen LogP) is 3.91. The van der Waals surface area contributed by atoms with Gasteiger partial charge in [0.15, 0.2) is 0 Å². The first-order valence-electron chi connectivity index (χ1n) is 10.2. The molecular weight excluding hydrogens is 438 g/mol. The average Bonchev–Trinajstić information content (AvgIpc) is 3.30. The van der Waals surface area contributed by atoms with Gasteiger partial charge in [-0.25, -0.2) is 8.42 Å². The number of sulfonamides is 1. The molecule has 0 radical (unpaired) electrons. The van der Waals surface area contributed by atoms with Gasteiger partial charge >= 0.3 is 0 Å². The number of carbonyl (C=O) groups excluding carboxylic acids is 2. The molecule has 1 fully saturated rings. The first kappa shape index (κ1) is 23.2. The van der Waals surface area contributed by atoms with Crippen molar-refractivity contribution in [3.05, 3.63) is 58.6 Å². The highest BCUT2D eigenvalue weighted by Gasteiger charge is 2.28. The second-order valence-corrected chi connectivity index (χ2v) is 9.88. The van der Waals surface area contributed by atoms with Crippen molar-refractivity contribution >= 4 is 39.1 Å². The molecule has 3 rings (SSSR count). The minimum absolute atomic E-state index is 0.0156. The lowest BCUT2D eigenvalue weighted by Crippen LogP contribution is -2.32. The summed E-state index contributed by atoms with van der Waals surface area (Å²) in [6.45, 7) is 4.78. The van der Waals surface area contributed by atoms with Crippen LogP contribution in [0.1, 0.15) is 53.8 Å². The first-order chi connectivity index (χ1) is 14.7. The average molecular weight is 464 g/mol. The van der Waals surface area contributed by atoms with Gasteiger partial charge < -0.3 is 10.6 Å². The highest BCUT2D eigenvalue weighted by atomic mass is 35.5. The number of para-hydroxylation sites is 1. The molecule has 1 aliphatic rings. The summed E-state index contributed by atoms with van der Waals surface area (Å²) >= 11 is 6.21. The Morgan fingerprint density at radius 3 is 2.42 bits per heavy atom. The highest BCUT2D eigenvalue weighted by molar-refractivity contribution is 7.89. The van der Waals surface area contributed by atoms with Crippen LogP contribution in [0, 0.1) is 0 Å². The highest BCUT2D eigenvalue weighted by Crippen LogP contribution is 2.26. The molecule has 1 aliphatic heterocycles. The van der Waals surface area contributed by atoms with E-state index in [0.29, 0.717) is 24.3 Å². The summed E-state index contributed by atoms with van der Waals surface area (Å²) in [6, 6.07) is 10.7. The van der Waals surface area contributed by atoms with Gasteiger partial charge in [-0.3, -0.25) is 9.59 Å². The standard InChI is InChI=1S/C22H26ClN3O4S/c1-3-15(2)24-21(27)17-8-4-5-9-20(17)25-22(28)18-14-16(10-11-19(18)23)31(29,30)26-12-6-7-13-26/h4-5,8-11,14-15H,3,6-7,12-13H2,1-2H3,(H,24,27)(H,25,28)/t15-/m0/s1. The maximum Gasteiger partial charge on any atom is 0.257 e. The molecule has 31 heavy (non-hydrogen) atoms. The largest absolute Gasteiger partial charge is 0.350 e. The molecule has 2 aromatic carbocycles. The van der Waals surface area contributed by atoms with Crippen LogP contribution in [0.3, 0.4) is 0 Å². The molecule has 0 unspecified atom stereocenters. The number of hydrogen-bond acceptors (Lipinski definition) is 4. The molecular formula is C22H26ClN3O4S. The SMILES string of the molecule is CC[C@H](C)NC(=O)c1ccccc1NC(=O)c1cc(S(=O)(=O)N2CCCC2)ccc1Cl. The Morgan fingerprint density at radius 1 is 1.06 bits per heavy atom. The quantitative estimate of drug-likeness (QED) is 0.650. The summed E-state index contributed by atoms with van der Waals surface area (Å²) in [5.41, 5.74) is 0.657. The Morgan fingerprint density at radius 2 is 1.74 bits per heavy atom. The summed E-state index contributed by atoms with van der Waals surface area (Å²) in [6.07, 6.45) is 2.40. The van der Waals surface area contributed by atoms with E-state index in [0.717, 1.165) is 19.3 Å². The van der Waals surface area contributed by atoms with E-state index in [4.69, 9.17) is 11.6 Å². The van der Waals surface area contributed by atoms with E-state index >= 15 is 0 Å². The number of rotatable bonds is 7. The van der Waals surface area contributed by atoms with Gasteiger partial charge in [-0.05, 0) is 56.5 Å². The fraction of sp³-hybridized carbons (Fsp3) is 0.364. The molecule has 1 heterocycles. The maximum atomic E-state index is 13.0. The number of amides is 2. The Hall–Kier alpha value is -2.42. The Labute approximate surface area is 187 Å². The van der Waals surface area contributed by atoms with Crippen LogP contribution >= 0.6 is 11.6 Å². The van der Waals surface area contributed by atoms with Crippen LogP contribution in [0.2, 0.25) is 5.02 Å². The molecule has 2 amide bonds. The lowest BCUT2D eigenvalue weighted by atomic mass is 10.1. The van der Waals surface area contributed by atoms with Gasteiger partial charge in [0, 0.05) is 19.1 Å². The van der Waals surface area contributed by atoms with Crippen LogP contribution in [0.4, 0.5) is 5.69 Å². The minimum Gasteiger partial charge on any atom is -0.350 e. The van der Waals surface area contributed by atoms with E-state index in [1.165, 1.54) is 22.5 Å². The number of nitrogens with one attached hydrogen (secondary N) is 2. The predicted molar refractivity (Wildman–Crippen MR) is 121 cm³/mol. The zero-order chi connectivity index (χ0) is 22.6. The Balaban J connectivity index is 1.87. The van der Waals surface area contributed by atoms with Crippen molar-refractivity contribution in [2.75, 3.05) is 18.4 Å². The lowest BCUT2D eigenvalue weighted by Gasteiger charge is -2.17. The molecule has 1 saturated heterocycles. The van der Waals surface area contributed by atoms with Crippen LogP contribution < -0.4 is 10.6 Å². The summed E-state index contributed by atoms with van der Waals surface area (Å²) in [5, 5.41) is 5.69. The second-order valence-electron chi connectivity index (χ2n) is 7.54. The van der Waals surface area contributed by atoms with Crippen molar-refractivity contribution in [3.63, 3.8) is 0 Å². The van der Waals surface area contributed by atoms with Gasteiger partial charge in [-0.15, -0.1) is 0 Å². The number of anilines is 1.